The second kappa shape index (κ2) is 8.92. The van der Waals surface area contributed by atoms with Gasteiger partial charge in [-0.1, -0.05) is 30.3 Å². The van der Waals surface area contributed by atoms with E-state index >= 15 is 0 Å². The molecule has 6 rings (SSSR count). The van der Waals surface area contributed by atoms with Crippen LogP contribution in [0.1, 0.15) is 46.6 Å². The molecule has 0 radical (unpaired) electrons. The van der Waals surface area contributed by atoms with Gasteiger partial charge in [0.15, 0.2) is 5.69 Å². The number of pyridine rings is 1. The Morgan fingerprint density at radius 2 is 1.67 bits per heavy atom. The molecule has 1 amide bonds. The average Bonchev–Trinajstić information content (AvgIpc) is 3.53. The molecule has 3 aromatic rings. The lowest BCUT2D eigenvalue weighted by atomic mass is 9.87. The minimum absolute atomic E-state index is 0.103. The first-order valence-electron chi connectivity index (χ1n) is 12.5. The summed E-state index contributed by atoms with van der Waals surface area (Å²) in [4.78, 5) is 25.2. The zero-order valence-electron chi connectivity index (χ0n) is 19.3. The first-order valence-corrected chi connectivity index (χ1v) is 12.5. The maximum atomic E-state index is 13.3. The highest BCUT2D eigenvalue weighted by molar-refractivity contribution is 5.94. The van der Waals surface area contributed by atoms with Gasteiger partial charge in [-0.2, -0.15) is 0 Å². The van der Waals surface area contributed by atoms with Crippen LogP contribution in [0.4, 0.5) is 0 Å². The number of fused-ring (bicyclic) bond motifs is 2. The standard InChI is InChI=1S/C27H33N5O/c33-27(31-12-5-6-13-31)26-24(32-14-4-3-9-25(32)28-26)20-29-15-17-30(18-16-29)23-11-10-21-7-1-2-8-22(21)19-23/h1-4,7-9,14,23H,5-6,10-13,15-20H2/t23-/m0/s1. The molecule has 4 heterocycles. The number of carbonyl (C=O) groups is 1. The lowest BCUT2D eigenvalue weighted by Gasteiger charge is -2.41. The van der Waals surface area contributed by atoms with Crippen molar-refractivity contribution in [1.82, 2.24) is 24.1 Å². The minimum Gasteiger partial charge on any atom is -0.337 e. The zero-order chi connectivity index (χ0) is 22.2. The van der Waals surface area contributed by atoms with E-state index in [0.29, 0.717) is 11.7 Å². The van der Waals surface area contributed by atoms with Crippen molar-refractivity contribution in [2.24, 2.45) is 0 Å². The van der Waals surface area contributed by atoms with E-state index in [0.717, 1.165) is 70.0 Å². The molecule has 2 aliphatic heterocycles. The van der Waals surface area contributed by atoms with Crippen LogP contribution in [-0.4, -0.2) is 75.3 Å². The Morgan fingerprint density at radius 1 is 0.909 bits per heavy atom. The van der Waals surface area contributed by atoms with Crippen LogP contribution < -0.4 is 0 Å². The molecule has 172 valence electrons. The molecular formula is C27H33N5O. The van der Waals surface area contributed by atoms with Gasteiger partial charge in [-0.15, -0.1) is 0 Å². The van der Waals surface area contributed by atoms with E-state index in [1.165, 1.54) is 30.4 Å². The summed E-state index contributed by atoms with van der Waals surface area (Å²) in [7, 11) is 0. The Bertz CT molecular complexity index is 1140. The number of nitrogens with zero attached hydrogens (tertiary/aromatic N) is 5. The highest BCUT2D eigenvalue weighted by Crippen LogP contribution is 2.26. The number of hydrogen-bond acceptors (Lipinski definition) is 4. The molecule has 0 bridgehead atoms. The van der Waals surface area contributed by atoms with Crippen LogP contribution in [0.25, 0.3) is 5.65 Å². The van der Waals surface area contributed by atoms with E-state index in [-0.39, 0.29) is 5.91 Å². The number of benzene rings is 1. The summed E-state index contributed by atoms with van der Waals surface area (Å²) < 4.78 is 2.12. The minimum atomic E-state index is 0.103. The Morgan fingerprint density at radius 3 is 2.48 bits per heavy atom. The second-order valence-corrected chi connectivity index (χ2v) is 9.81. The van der Waals surface area contributed by atoms with Crippen molar-refractivity contribution in [3.8, 4) is 0 Å². The van der Waals surface area contributed by atoms with Gasteiger partial charge in [-0.05, 0) is 55.4 Å². The van der Waals surface area contributed by atoms with Gasteiger partial charge in [-0.25, -0.2) is 4.98 Å². The fourth-order valence-electron chi connectivity index (χ4n) is 5.93. The quantitative estimate of drug-likeness (QED) is 0.621. The van der Waals surface area contributed by atoms with Gasteiger partial charge in [-0.3, -0.25) is 14.6 Å². The lowest BCUT2D eigenvalue weighted by Crippen LogP contribution is -2.51. The number of rotatable bonds is 4. The van der Waals surface area contributed by atoms with Crippen molar-refractivity contribution in [2.75, 3.05) is 39.3 Å². The fraction of sp³-hybridized carbons (Fsp3) is 0.481. The summed E-state index contributed by atoms with van der Waals surface area (Å²) >= 11 is 0. The first kappa shape index (κ1) is 20.9. The third-order valence-corrected chi connectivity index (χ3v) is 7.84. The summed E-state index contributed by atoms with van der Waals surface area (Å²) in [5, 5.41) is 0. The third kappa shape index (κ3) is 4.06. The van der Waals surface area contributed by atoms with Gasteiger partial charge in [0, 0.05) is 58.1 Å². The van der Waals surface area contributed by atoms with Crippen molar-refractivity contribution in [3.05, 3.63) is 71.2 Å². The number of carbonyl (C=O) groups excluding carboxylic acids is 1. The van der Waals surface area contributed by atoms with E-state index in [1.807, 2.05) is 29.3 Å². The molecule has 0 spiro atoms. The number of hydrogen-bond donors (Lipinski definition) is 0. The summed E-state index contributed by atoms with van der Waals surface area (Å²) in [6.07, 6.45) is 7.89. The Hall–Kier alpha value is -2.70. The third-order valence-electron chi connectivity index (χ3n) is 7.84. The topological polar surface area (TPSA) is 44.1 Å². The molecule has 0 unspecified atom stereocenters. The monoisotopic (exact) mass is 443 g/mol. The van der Waals surface area contributed by atoms with Crippen molar-refractivity contribution in [1.29, 1.82) is 0 Å². The molecule has 33 heavy (non-hydrogen) atoms. The van der Waals surface area contributed by atoms with Crippen molar-refractivity contribution >= 4 is 11.6 Å². The summed E-state index contributed by atoms with van der Waals surface area (Å²) in [6.45, 7) is 6.76. The molecule has 3 aliphatic rings. The molecule has 2 aromatic heterocycles. The van der Waals surface area contributed by atoms with Gasteiger partial charge < -0.3 is 9.30 Å². The number of aryl methyl sites for hydroxylation is 1. The lowest BCUT2D eigenvalue weighted by molar-refractivity contribution is 0.0771. The molecule has 1 atom stereocenters. The zero-order valence-corrected chi connectivity index (χ0v) is 19.3. The van der Waals surface area contributed by atoms with Crippen LogP contribution in [0, 0.1) is 0 Å². The number of amides is 1. The Labute approximate surface area is 195 Å². The highest BCUT2D eigenvalue weighted by Gasteiger charge is 2.30. The molecule has 6 nitrogen and oxygen atoms in total. The summed E-state index contributed by atoms with van der Waals surface area (Å²) in [6, 6.07) is 15.6. The average molecular weight is 444 g/mol. The molecule has 6 heteroatoms. The van der Waals surface area contributed by atoms with E-state index in [1.54, 1.807) is 0 Å². The van der Waals surface area contributed by atoms with Crippen LogP contribution in [0.5, 0.6) is 0 Å². The molecule has 0 saturated carbocycles. The van der Waals surface area contributed by atoms with Gasteiger partial charge >= 0.3 is 0 Å². The predicted octanol–water partition coefficient (Wildman–Crippen LogP) is 3.25. The molecule has 0 N–H and O–H groups in total. The predicted molar refractivity (Wildman–Crippen MR) is 129 cm³/mol. The maximum Gasteiger partial charge on any atom is 0.274 e. The molecule has 2 fully saturated rings. The second-order valence-electron chi connectivity index (χ2n) is 9.81. The number of likely N-dealkylation sites (tertiary alicyclic amines) is 1. The number of imidazole rings is 1. The van der Waals surface area contributed by atoms with Crippen LogP contribution in [0.2, 0.25) is 0 Å². The van der Waals surface area contributed by atoms with Gasteiger partial charge in [0.2, 0.25) is 0 Å². The van der Waals surface area contributed by atoms with Gasteiger partial charge in [0.1, 0.15) is 5.65 Å². The largest absolute Gasteiger partial charge is 0.337 e. The van der Waals surface area contributed by atoms with Crippen LogP contribution in [0.15, 0.2) is 48.7 Å². The van der Waals surface area contributed by atoms with Crippen molar-refractivity contribution in [3.63, 3.8) is 0 Å². The van der Waals surface area contributed by atoms with Crippen LogP contribution in [0.3, 0.4) is 0 Å². The highest BCUT2D eigenvalue weighted by atomic mass is 16.2. The SMILES string of the molecule is O=C(c1nc2ccccn2c1CN1CCN([C@H]2CCc3ccccc3C2)CC1)N1CCCC1. The van der Waals surface area contributed by atoms with Crippen LogP contribution >= 0.6 is 0 Å². The van der Waals surface area contributed by atoms with E-state index in [9.17, 15) is 4.79 Å². The van der Waals surface area contributed by atoms with E-state index in [4.69, 9.17) is 4.98 Å². The van der Waals surface area contributed by atoms with E-state index in [2.05, 4.69) is 38.5 Å². The summed E-state index contributed by atoms with van der Waals surface area (Å²) in [5.41, 5.74) is 5.63. The normalized spacial score (nSPS) is 22.1. The maximum absolute atomic E-state index is 13.3. The Kier molecular flexibility index (Phi) is 5.64. The number of piperazine rings is 1. The van der Waals surface area contributed by atoms with Crippen molar-refractivity contribution in [2.45, 2.75) is 44.7 Å². The smallest absolute Gasteiger partial charge is 0.274 e. The van der Waals surface area contributed by atoms with Gasteiger partial charge in [0.05, 0.1) is 5.69 Å². The van der Waals surface area contributed by atoms with Crippen molar-refractivity contribution < 1.29 is 4.79 Å². The van der Waals surface area contributed by atoms with E-state index < -0.39 is 0 Å². The van der Waals surface area contributed by atoms with Crippen LogP contribution in [-0.2, 0) is 19.4 Å². The molecular weight excluding hydrogens is 410 g/mol. The summed E-state index contributed by atoms with van der Waals surface area (Å²) in [5.74, 6) is 0.103. The first-order chi connectivity index (χ1) is 16.3. The molecule has 1 aliphatic carbocycles. The fourth-order valence-corrected chi connectivity index (χ4v) is 5.93. The molecule has 1 aromatic carbocycles. The molecule has 2 saturated heterocycles. The van der Waals surface area contributed by atoms with Gasteiger partial charge in [0.25, 0.3) is 5.91 Å². The number of aromatic nitrogens is 2. The Balaban J connectivity index is 1.15.